The van der Waals surface area contributed by atoms with E-state index in [4.69, 9.17) is 11.6 Å². The van der Waals surface area contributed by atoms with Crippen molar-refractivity contribution in [2.45, 2.75) is 31.8 Å². The molecule has 0 bridgehead atoms. The van der Waals surface area contributed by atoms with Gasteiger partial charge >= 0.3 is 0 Å². The molecule has 0 saturated carbocycles. The van der Waals surface area contributed by atoms with Crippen molar-refractivity contribution >= 4 is 27.3 Å². The zero-order valence-electron chi connectivity index (χ0n) is 12.8. The minimum atomic E-state index is -3.02. The molecule has 1 aliphatic rings. The van der Waals surface area contributed by atoms with Crippen LogP contribution in [0, 0.1) is 0 Å². The number of rotatable bonds is 5. The first-order chi connectivity index (χ1) is 10.2. The van der Waals surface area contributed by atoms with Crippen molar-refractivity contribution in [1.82, 2.24) is 5.32 Å². The van der Waals surface area contributed by atoms with Gasteiger partial charge < -0.3 is 10.6 Å². The molecule has 5 nitrogen and oxygen atoms in total. The van der Waals surface area contributed by atoms with Crippen LogP contribution in [-0.4, -0.2) is 37.9 Å². The zero-order valence-corrected chi connectivity index (χ0v) is 14.4. The monoisotopic (exact) mass is 345 g/mol. The Balaban J connectivity index is 1.84. The van der Waals surface area contributed by atoms with Crippen molar-refractivity contribution in [2.75, 3.05) is 18.1 Å². The lowest BCUT2D eigenvalue weighted by atomic mass is 10.0. The first-order valence-electron chi connectivity index (χ1n) is 7.29. The summed E-state index contributed by atoms with van der Waals surface area (Å²) in [5.74, 6) is 0.0353. The number of benzene rings is 1. The van der Waals surface area contributed by atoms with Crippen LogP contribution in [0.1, 0.15) is 31.9 Å². The van der Waals surface area contributed by atoms with Crippen LogP contribution in [0.3, 0.4) is 0 Å². The van der Waals surface area contributed by atoms with E-state index in [1.165, 1.54) is 0 Å². The van der Waals surface area contributed by atoms with E-state index in [2.05, 4.69) is 5.32 Å². The summed E-state index contributed by atoms with van der Waals surface area (Å²) in [4.78, 5) is 12.0. The molecular formula is C15H22ClN2O3S+. The highest BCUT2D eigenvalue weighted by molar-refractivity contribution is 7.91. The molecule has 3 N–H and O–H groups in total. The van der Waals surface area contributed by atoms with Crippen molar-refractivity contribution in [3.05, 3.63) is 34.9 Å². The summed E-state index contributed by atoms with van der Waals surface area (Å²) in [5.41, 5.74) is 0.458. The molecule has 1 aliphatic heterocycles. The third-order valence-electron chi connectivity index (χ3n) is 4.00. The van der Waals surface area contributed by atoms with Crippen molar-refractivity contribution in [1.29, 1.82) is 0 Å². The number of carbonyl (C=O) groups excluding carboxylic acids is 1. The summed E-state index contributed by atoms with van der Waals surface area (Å²) in [7, 11) is -3.02. The van der Waals surface area contributed by atoms with Crippen LogP contribution >= 0.6 is 11.6 Å². The van der Waals surface area contributed by atoms with Crippen LogP contribution in [0.4, 0.5) is 0 Å². The van der Waals surface area contributed by atoms with Gasteiger partial charge in [-0.15, -0.1) is 0 Å². The molecule has 1 amide bonds. The number of nitrogens with two attached hydrogens (primary N) is 1. The fourth-order valence-electron chi connectivity index (χ4n) is 2.68. The van der Waals surface area contributed by atoms with Crippen molar-refractivity contribution in [3.63, 3.8) is 0 Å². The van der Waals surface area contributed by atoms with Gasteiger partial charge in [-0.2, -0.15) is 0 Å². The number of amides is 1. The van der Waals surface area contributed by atoms with Crippen molar-refractivity contribution in [3.8, 4) is 0 Å². The minimum absolute atomic E-state index is 0.0263. The zero-order chi connectivity index (χ0) is 16.4. The van der Waals surface area contributed by atoms with Gasteiger partial charge in [-0.25, -0.2) is 8.42 Å². The number of carbonyl (C=O) groups is 1. The van der Waals surface area contributed by atoms with Crippen LogP contribution in [0.2, 0.25) is 5.02 Å². The minimum Gasteiger partial charge on any atom is -0.345 e. The van der Waals surface area contributed by atoms with Gasteiger partial charge in [0, 0.05) is 10.6 Å². The van der Waals surface area contributed by atoms with E-state index in [1.807, 2.05) is 36.5 Å². The normalized spacial score (nSPS) is 24.9. The molecule has 0 radical (unpaired) electrons. The van der Waals surface area contributed by atoms with Crippen LogP contribution < -0.4 is 10.6 Å². The van der Waals surface area contributed by atoms with Gasteiger partial charge in [0.15, 0.2) is 16.4 Å². The number of quaternary nitrogens is 1. The average Bonchev–Trinajstić information content (AvgIpc) is 2.70. The molecule has 0 aromatic heterocycles. The van der Waals surface area contributed by atoms with Crippen molar-refractivity contribution in [2.24, 2.45) is 0 Å². The summed E-state index contributed by atoms with van der Waals surface area (Å²) < 4.78 is 23.1. The SMILES string of the molecule is C[C@@H]([NH2+]CC(=O)N[C@]1(C)CCS(=O)(=O)C1)c1ccc(Cl)cc1. The Kier molecular flexibility index (Phi) is 5.14. The summed E-state index contributed by atoms with van der Waals surface area (Å²) >= 11 is 5.85. The predicted molar refractivity (Wildman–Crippen MR) is 86.5 cm³/mol. The van der Waals surface area contributed by atoms with Gasteiger partial charge in [-0.05, 0) is 32.4 Å². The first kappa shape index (κ1) is 17.2. The number of sulfone groups is 1. The second-order valence-corrected chi connectivity index (χ2v) is 8.85. The van der Waals surface area contributed by atoms with E-state index in [9.17, 15) is 13.2 Å². The summed E-state index contributed by atoms with van der Waals surface area (Å²) in [6.45, 7) is 4.07. The van der Waals surface area contributed by atoms with Crippen molar-refractivity contribution < 1.29 is 18.5 Å². The Bertz CT molecular complexity index is 645. The number of hydrogen-bond donors (Lipinski definition) is 2. The van der Waals surface area contributed by atoms with Gasteiger partial charge in [-0.3, -0.25) is 4.79 Å². The lowest BCUT2D eigenvalue weighted by Gasteiger charge is -2.23. The Morgan fingerprint density at radius 3 is 2.59 bits per heavy atom. The smallest absolute Gasteiger partial charge is 0.275 e. The lowest BCUT2D eigenvalue weighted by Crippen LogP contribution is -2.87. The molecule has 0 aliphatic carbocycles. The molecule has 1 heterocycles. The molecule has 22 heavy (non-hydrogen) atoms. The molecule has 1 aromatic carbocycles. The van der Waals surface area contributed by atoms with E-state index in [0.717, 1.165) is 5.56 Å². The lowest BCUT2D eigenvalue weighted by molar-refractivity contribution is -0.682. The van der Waals surface area contributed by atoms with Gasteiger partial charge in [-0.1, -0.05) is 23.7 Å². The van der Waals surface area contributed by atoms with E-state index in [-0.39, 0.29) is 30.0 Å². The van der Waals surface area contributed by atoms with E-state index in [0.29, 0.717) is 11.4 Å². The Labute approximate surface area is 136 Å². The maximum Gasteiger partial charge on any atom is 0.275 e. The highest BCUT2D eigenvalue weighted by Gasteiger charge is 2.39. The van der Waals surface area contributed by atoms with Gasteiger partial charge in [0.1, 0.15) is 6.04 Å². The fraction of sp³-hybridized carbons (Fsp3) is 0.533. The molecule has 1 saturated heterocycles. The Morgan fingerprint density at radius 2 is 2.05 bits per heavy atom. The highest BCUT2D eigenvalue weighted by atomic mass is 35.5. The third kappa shape index (κ3) is 4.69. The molecule has 0 unspecified atom stereocenters. The molecule has 1 aromatic rings. The van der Waals surface area contributed by atoms with E-state index < -0.39 is 15.4 Å². The molecule has 2 rings (SSSR count). The number of hydrogen-bond acceptors (Lipinski definition) is 3. The highest BCUT2D eigenvalue weighted by Crippen LogP contribution is 2.22. The third-order valence-corrected chi connectivity index (χ3v) is 6.15. The topological polar surface area (TPSA) is 79.8 Å². The van der Waals surface area contributed by atoms with Crippen LogP contribution in [0.25, 0.3) is 0 Å². The maximum atomic E-state index is 12.0. The quantitative estimate of drug-likeness (QED) is 0.822. The maximum absolute atomic E-state index is 12.0. The second-order valence-electron chi connectivity index (χ2n) is 6.23. The standard InChI is InChI=1S/C15H21ClN2O3S/c1-11(12-3-5-13(16)6-4-12)17-9-14(19)18-15(2)7-8-22(20,21)10-15/h3-6,11,17H,7-10H2,1-2H3,(H,18,19)/p+1/t11-,15-/m1/s1. The largest absolute Gasteiger partial charge is 0.345 e. The molecule has 2 atom stereocenters. The van der Waals surface area contributed by atoms with Gasteiger partial charge in [0.25, 0.3) is 5.91 Å². The van der Waals surface area contributed by atoms with E-state index in [1.54, 1.807) is 6.92 Å². The first-order valence-corrected chi connectivity index (χ1v) is 9.49. The molecule has 122 valence electrons. The molecule has 7 heteroatoms. The Morgan fingerprint density at radius 1 is 1.41 bits per heavy atom. The number of halogens is 1. The summed E-state index contributed by atoms with van der Waals surface area (Å²) in [6.07, 6.45) is 0.480. The molecule has 0 spiro atoms. The predicted octanol–water partition coefficient (Wildman–Crippen LogP) is 0.658. The fourth-order valence-corrected chi connectivity index (χ4v) is 4.90. The Hall–Kier alpha value is -1.11. The second kappa shape index (κ2) is 6.56. The average molecular weight is 346 g/mol. The summed E-state index contributed by atoms with van der Waals surface area (Å²) in [5, 5.41) is 5.46. The van der Waals surface area contributed by atoms with Crippen LogP contribution in [0.15, 0.2) is 24.3 Å². The van der Waals surface area contributed by atoms with Crippen LogP contribution in [0.5, 0.6) is 0 Å². The van der Waals surface area contributed by atoms with Gasteiger partial charge in [0.2, 0.25) is 0 Å². The number of nitrogens with one attached hydrogen (secondary N) is 1. The summed E-state index contributed by atoms with van der Waals surface area (Å²) in [6, 6.07) is 7.65. The van der Waals surface area contributed by atoms with Crippen LogP contribution in [-0.2, 0) is 14.6 Å². The molecular weight excluding hydrogens is 324 g/mol. The van der Waals surface area contributed by atoms with Gasteiger partial charge in [0.05, 0.1) is 17.0 Å². The molecule has 1 fully saturated rings. The van der Waals surface area contributed by atoms with E-state index >= 15 is 0 Å².